The van der Waals surface area contributed by atoms with Crippen molar-refractivity contribution in [2.75, 3.05) is 0 Å². The fourth-order valence-corrected chi connectivity index (χ4v) is 1.30. The Morgan fingerprint density at radius 3 is 2.64 bits per heavy atom. The molecule has 1 radical (unpaired) electrons. The number of aryl methyl sites for hydroxylation is 1. The van der Waals surface area contributed by atoms with Crippen LogP contribution in [0.25, 0.3) is 11.3 Å². The van der Waals surface area contributed by atoms with E-state index in [0.717, 1.165) is 11.3 Å². The van der Waals surface area contributed by atoms with Crippen molar-refractivity contribution in [3.8, 4) is 11.3 Å². The molecule has 0 aliphatic rings. The SMILES string of the molecule is Cc1c(-c2[c-]cccc2)ncn1C.[Ir]. The van der Waals surface area contributed by atoms with Gasteiger partial charge in [0, 0.05) is 32.8 Å². The van der Waals surface area contributed by atoms with Gasteiger partial charge in [-0.1, -0.05) is 0 Å². The van der Waals surface area contributed by atoms with Crippen LogP contribution in [0.4, 0.5) is 0 Å². The van der Waals surface area contributed by atoms with Crippen LogP contribution < -0.4 is 0 Å². The van der Waals surface area contributed by atoms with Gasteiger partial charge in [0.15, 0.2) is 0 Å². The molecule has 0 spiro atoms. The average molecular weight is 363 g/mol. The largest absolute Gasteiger partial charge is 0.347 e. The van der Waals surface area contributed by atoms with Gasteiger partial charge in [-0.05, 0) is 12.6 Å². The van der Waals surface area contributed by atoms with Crippen molar-refractivity contribution in [1.29, 1.82) is 0 Å². The number of aromatic nitrogens is 2. The molecular formula is C11H11IrN2-. The smallest absolute Gasteiger partial charge is 0.0837 e. The Morgan fingerprint density at radius 1 is 1.36 bits per heavy atom. The van der Waals surface area contributed by atoms with Crippen LogP contribution in [0.5, 0.6) is 0 Å². The molecule has 2 nitrogen and oxygen atoms in total. The minimum atomic E-state index is 0. The summed E-state index contributed by atoms with van der Waals surface area (Å²) in [7, 11) is 1.99. The molecule has 0 saturated heterocycles. The first kappa shape index (κ1) is 11.2. The summed E-state index contributed by atoms with van der Waals surface area (Å²) in [5.74, 6) is 0. The van der Waals surface area contributed by atoms with E-state index in [9.17, 15) is 0 Å². The van der Waals surface area contributed by atoms with Crippen molar-refractivity contribution >= 4 is 0 Å². The van der Waals surface area contributed by atoms with Crippen molar-refractivity contribution in [3.05, 3.63) is 42.4 Å². The molecule has 0 saturated carbocycles. The molecule has 2 rings (SSSR count). The number of hydrogen-bond acceptors (Lipinski definition) is 1. The molecule has 0 N–H and O–H groups in total. The fraction of sp³-hybridized carbons (Fsp3) is 0.182. The summed E-state index contributed by atoms with van der Waals surface area (Å²) in [4.78, 5) is 4.32. The monoisotopic (exact) mass is 364 g/mol. The van der Waals surface area contributed by atoms with Crippen molar-refractivity contribution in [3.63, 3.8) is 0 Å². The first-order chi connectivity index (χ1) is 6.29. The van der Waals surface area contributed by atoms with Crippen molar-refractivity contribution in [2.24, 2.45) is 7.05 Å². The molecule has 14 heavy (non-hydrogen) atoms. The third-order valence-corrected chi connectivity index (χ3v) is 2.20. The predicted octanol–water partition coefficient (Wildman–Crippen LogP) is 2.19. The van der Waals surface area contributed by atoms with Crippen LogP contribution in [0.3, 0.4) is 0 Å². The summed E-state index contributed by atoms with van der Waals surface area (Å²) >= 11 is 0. The first-order valence-electron chi connectivity index (χ1n) is 4.24. The van der Waals surface area contributed by atoms with Crippen molar-refractivity contribution in [2.45, 2.75) is 6.92 Å². The zero-order chi connectivity index (χ0) is 9.26. The number of nitrogens with zero attached hydrogens (tertiary/aromatic N) is 2. The first-order valence-corrected chi connectivity index (χ1v) is 4.24. The third kappa shape index (κ3) is 1.94. The normalized spacial score (nSPS) is 9.57. The Bertz CT molecular complexity index is 406. The van der Waals surface area contributed by atoms with Crippen LogP contribution in [0.15, 0.2) is 30.6 Å². The van der Waals surface area contributed by atoms with E-state index < -0.39 is 0 Å². The van der Waals surface area contributed by atoms with Crippen molar-refractivity contribution in [1.82, 2.24) is 9.55 Å². The third-order valence-electron chi connectivity index (χ3n) is 2.20. The molecule has 0 bridgehead atoms. The second-order valence-electron chi connectivity index (χ2n) is 3.07. The maximum absolute atomic E-state index is 4.32. The molecule has 1 heterocycles. The Hall–Kier alpha value is -0.921. The second-order valence-corrected chi connectivity index (χ2v) is 3.07. The van der Waals surface area contributed by atoms with E-state index >= 15 is 0 Å². The molecule has 2 aromatic rings. The van der Waals surface area contributed by atoms with E-state index in [4.69, 9.17) is 0 Å². The number of hydrogen-bond donors (Lipinski definition) is 0. The zero-order valence-electron chi connectivity index (χ0n) is 8.11. The van der Waals surface area contributed by atoms with Gasteiger partial charge in [-0.2, -0.15) is 0 Å². The molecule has 0 fully saturated rings. The topological polar surface area (TPSA) is 17.8 Å². The summed E-state index contributed by atoms with van der Waals surface area (Å²) in [6.07, 6.45) is 1.82. The quantitative estimate of drug-likeness (QED) is 0.711. The minimum Gasteiger partial charge on any atom is -0.347 e. The standard InChI is InChI=1S/C11H11N2.Ir/c1-9-11(12-8-13(9)2)10-6-4-3-5-7-10;/h3-6,8H,1-2H3;/q-1;. The Kier molecular flexibility index (Phi) is 3.61. The zero-order valence-corrected chi connectivity index (χ0v) is 10.5. The van der Waals surface area contributed by atoms with Gasteiger partial charge in [-0.3, -0.25) is 4.98 Å². The molecule has 0 aliphatic heterocycles. The van der Waals surface area contributed by atoms with Crippen LogP contribution in [-0.4, -0.2) is 9.55 Å². The fourth-order valence-electron chi connectivity index (χ4n) is 1.30. The molecule has 0 unspecified atom stereocenters. The van der Waals surface area contributed by atoms with Crippen LogP contribution in [0.2, 0.25) is 0 Å². The molecule has 3 heteroatoms. The number of imidazole rings is 1. The molecule has 75 valence electrons. The molecular weight excluding hydrogens is 352 g/mol. The van der Waals surface area contributed by atoms with E-state index in [1.54, 1.807) is 0 Å². The Labute approximate surface area is 97.3 Å². The second kappa shape index (κ2) is 4.54. The van der Waals surface area contributed by atoms with Gasteiger partial charge in [0.25, 0.3) is 0 Å². The molecule has 1 aromatic carbocycles. The van der Waals surface area contributed by atoms with Gasteiger partial charge < -0.3 is 4.57 Å². The van der Waals surface area contributed by atoms with E-state index in [0.29, 0.717) is 0 Å². The van der Waals surface area contributed by atoms with E-state index in [1.165, 1.54) is 5.69 Å². The maximum atomic E-state index is 4.32. The Morgan fingerprint density at radius 2 is 2.14 bits per heavy atom. The Balaban J connectivity index is 0.000000980. The molecule has 0 aliphatic carbocycles. The number of benzene rings is 1. The average Bonchev–Trinajstić information content (AvgIpc) is 2.49. The van der Waals surface area contributed by atoms with Crippen molar-refractivity contribution < 1.29 is 20.1 Å². The van der Waals surface area contributed by atoms with Gasteiger partial charge in [0.05, 0.1) is 6.33 Å². The number of rotatable bonds is 1. The van der Waals surface area contributed by atoms with Gasteiger partial charge >= 0.3 is 0 Å². The van der Waals surface area contributed by atoms with Crippen LogP contribution in [0.1, 0.15) is 5.69 Å². The molecule has 1 aromatic heterocycles. The van der Waals surface area contributed by atoms with Crippen LogP contribution >= 0.6 is 0 Å². The van der Waals surface area contributed by atoms with E-state index in [2.05, 4.69) is 18.0 Å². The van der Waals surface area contributed by atoms with Crippen LogP contribution in [0, 0.1) is 13.0 Å². The van der Waals surface area contributed by atoms with E-state index in [-0.39, 0.29) is 20.1 Å². The summed E-state index contributed by atoms with van der Waals surface area (Å²) in [6, 6.07) is 11.1. The summed E-state index contributed by atoms with van der Waals surface area (Å²) in [5.41, 5.74) is 3.24. The summed E-state index contributed by atoms with van der Waals surface area (Å²) in [5, 5.41) is 0. The maximum Gasteiger partial charge on any atom is 0.0837 e. The molecule has 0 amide bonds. The van der Waals surface area contributed by atoms with E-state index in [1.807, 2.05) is 42.2 Å². The molecule has 0 atom stereocenters. The van der Waals surface area contributed by atoms with Gasteiger partial charge in [-0.25, -0.2) is 0 Å². The summed E-state index contributed by atoms with van der Waals surface area (Å²) in [6.45, 7) is 2.06. The summed E-state index contributed by atoms with van der Waals surface area (Å²) < 4.78 is 2.01. The van der Waals surface area contributed by atoms with Gasteiger partial charge in [-0.15, -0.1) is 35.9 Å². The minimum absolute atomic E-state index is 0. The van der Waals surface area contributed by atoms with Gasteiger partial charge in [0.2, 0.25) is 0 Å². The van der Waals surface area contributed by atoms with Crippen LogP contribution in [-0.2, 0) is 27.2 Å². The predicted molar refractivity (Wildman–Crippen MR) is 52.2 cm³/mol. The van der Waals surface area contributed by atoms with Gasteiger partial charge in [0.1, 0.15) is 0 Å².